The molecule has 1 aliphatic heterocycles. The zero-order valence-corrected chi connectivity index (χ0v) is 17.2. The molecular formula is C21H29N3O4. The molecule has 2 aromatic heterocycles. The van der Waals surface area contributed by atoms with E-state index >= 15 is 0 Å². The Morgan fingerprint density at radius 2 is 1.93 bits per heavy atom. The number of pyridine rings is 1. The molecule has 3 rings (SSSR count). The smallest absolute Gasteiger partial charge is 0.410 e. The largest absolute Gasteiger partial charge is 0.478 e. The van der Waals surface area contributed by atoms with E-state index in [2.05, 4.69) is 11.9 Å². The van der Waals surface area contributed by atoms with Crippen molar-refractivity contribution in [3.8, 4) is 0 Å². The van der Waals surface area contributed by atoms with Crippen molar-refractivity contribution >= 4 is 23.1 Å². The van der Waals surface area contributed by atoms with E-state index in [0.29, 0.717) is 35.6 Å². The Labute approximate surface area is 165 Å². The Kier molecular flexibility index (Phi) is 5.37. The fourth-order valence-corrected chi connectivity index (χ4v) is 4.13. The molecule has 0 radical (unpaired) electrons. The standard InChI is InChI=1S/C21H29N3O4/c1-13(15-8-11-23(12-9-15)20(27)28-21(3,4)5)24-14(2)17(19(25)26)16-7-6-10-22-18(16)24/h6-7,10,13,15H,8-9,11-12H2,1-5H3,(H,25,26). The first-order valence-corrected chi connectivity index (χ1v) is 9.77. The number of carbonyl (C=O) groups excluding carboxylic acids is 1. The third-order valence-corrected chi connectivity index (χ3v) is 5.50. The van der Waals surface area contributed by atoms with Gasteiger partial charge >= 0.3 is 12.1 Å². The Morgan fingerprint density at radius 1 is 1.29 bits per heavy atom. The minimum Gasteiger partial charge on any atom is -0.478 e. The molecule has 0 aromatic carbocycles. The topological polar surface area (TPSA) is 84.7 Å². The van der Waals surface area contributed by atoms with Crippen molar-refractivity contribution in [3.63, 3.8) is 0 Å². The van der Waals surface area contributed by atoms with Crippen molar-refractivity contribution in [2.75, 3.05) is 13.1 Å². The van der Waals surface area contributed by atoms with Crippen LogP contribution < -0.4 is 0 Å². The van der Waals surface area contributed by atoms with Crippen molar-refractivity contribution in [3.05, 3.63) is 29.6 Å². The maximum Gasteiger partial charge on any atom is 0.410 e. The predicted octanol–water partition coefficient (Wildman–Crippen LogP) is 4.25. The second-order valence-corrected chi connectivity index (χ2v) is 8.56. The number of nitrogens with zero attached hydrogens (tertiary/aromatic N) is 3. The first kappa shape index (κ1) is 20.2. The number of aromatic nitrogens is 2. The highest BCUT2D eigenvalue weighted by atomic mass is 16.6. The van der Waals surface area contributed by atoms with Crippen molar-refractivity contribution in [2.24, 2.45) is 5.92 Å². The van der Waals surface area contributed by atoms with Gasteiger partial charge in [0.1, 0.15) is 11.2 Å². The molecular weight excluding hydrogens is 358 g/mol. The summed E-state index contributed by atoms with van der Waals surface area (Å²) in [6, 6.07) is 3.67. The normalized spacial score (nSPS) is 17.0. The van der Waals surface area contributed by atoms with Crippen molar-refractivity contribution in [2.45, 2.75) is 59.1 Å². The van der Waals surface area contributed by atoms with Crippen LogP contribution in [0.15, 0.2) is 18.3 Å². The Hall–Kier alpha value is -2.57. The lowest BCUT2D eigenvalue weighted by molar-refractivity contribution is 0.0165. The van der Waals surface area contributed by atoms with Crippen LogP contribution >= 0.6 is 0 Å². The Bertz CT molecular complexity index is 889. The van der Waals surface area contributed by atoms with Gasteiger partial charge in [0.2, 0.25) is 0 Å². The summed E-state index contributed by atoms with van der Waals surface area (Å²) in [6.07, 6.45) is 3.11. The molecule has 0 spiro atoms. The SMILES string of the molecule is Cc1c(C(=O)O)c2cccnc2n1C(C)C1CCN(C(=O)OC(C)(C)C)CC1. The molecule has 3 heterocycles. The van der Waals surface area contributed by atoms with Crippen LogP contribution in [0.5, 0.6) is 0 Å². The molecule has 2 aromatic rings. The van der Waals surface area contributed by atoms with Gasteiger partial charge in [-0.25, -0.2) is 14.6 Å². The number of carboxylic acid groups (broad SMARTS) is 1. The summed E-state index contributed by atoms with van der Waals surface area (Å²) in [6.45, 7) is 10.8. The van der Waals surface area contributed by atoms with Crippen LogP contribution in [-0.2, 0) is 4.74 Å². The fraction of sp³-hybridized carbons (Fsp3) is 0.571. The summed E-state index contributed by atoms with van der Waals surface area (Å²) >= 11 is 0. The van der Waals surface area contributed by atoms with Gasteiger partial charge in [-0.1, -0.05) is 0 Å². The second-order valence-electron chi connectivity index (χ2n) is 8.56. The monoisotopic (exact) mass is 387 g/mol. The van der Waals surface area contributed by atoms with E-state index in [0.717, 1.165) is 18.5 Å². The molecule has 1 atom stereocenters. The number of amides is 1. The minimum absolute atomic E-state index is 0.0892. The van der Waals surface area contributed by atoms with Gasteiger partial charge in [-0.15, -0.1) is 0 Å². The molecule has 1 aliphatic rings. The lowest BCUT2D eigenvalue weighted by Crippen LogP contribution is -2.42. The van der Waals surface area contributed by atoms with E-state index in [1.807, 2.05) is 38.3 Å². The summed E-state index contributed by atoms with van der Waals surface area (Å²) in [7, 11) is 0. The highest BCUT2D eigenvalue weighted by Crippen LogP contribution is 2.35. The average molecular weight is 387 g/mol. The van der Waals surface area contributed by atoms with Crippen LogP contribution in [0.1, 0.15) is 62.6 Å². The van der Waals surface area contributed by atoms with Crippen LogP contribution in [0.2, 0.25) is 0 Å². The van der Waals surface area contributed by atoms with E-state index in [1.54, 1.807) is 17.2 Å². The van der Waals surface area contributed by atoms with E-state index in [1.165, 1.54) is 0 Å². The van der Waals surface area contributed by atoms with Gasteiger partial charge in [0.25, 0.3) is 0 Å². The van der Waals surface area contributed by atoms with Gasteiger partial charge in [0.15, 0.2) is 0 Å². The van der Waals surface area contributed by atoms with Crippen LogP contribution in [0.25, 0.3) is 11.0 Å². The number of ether oxygens (including phenoxy) is 1. The average Bonchev–Trinajstić information content (AvgIpc) is 2.91. The molecule has 0 aliphatic carbocycles. The second kappa shape index (κ2) is 7.45. The van der Waals surface area contributed by atoms with Gasteiger partial charge in [0.05, 0.1) is 5.56 Å². The number of piperidine rings is 1. The number of hydrogen-bond donors (Lipinski definition) is 1. The Morgan fingerprint density at radius 3 is 2.50 bits per heavy atom. The lowest BCUT2D eigenvalue weighted by atomic mass is 9.90. The van der Waals surface area contributed by atoms with Gasteiger partial charge in [-0.3, -0.25) is 0 Å². The van der Waals surface area contributed by atoms with Crippen LogP contribution in [0, 0.1) is 12.8 Å². The van der Waals surface area contributed by atoms with Crippen molar-refractivity contribution in [1.82, 2.24) is 14.5 Å². The number of aromatic carboxylic acids is 1. The van der Waals surface area contributed by atoms with Gasteiger partial charge in [-0.05, 0) is 65.5 Å². The molecule has 1 amide bonds. The van der Waals surface area contributed by atoms with E-state index in [9.17, 15) is 14.7 Å². The number of hydrogen-bond acceptors (Lipinski definition) is 4. The number of rotatable bonds is 3. The predicted molar refractivity (Wildman–Crippen MR) is 107 cm³/mol. The van der Waals surface area contributed by atoms with Crippen LogP contribution in [0.4, 0.5) is 4.79 Å². The highest BCUT2D eigenvalue weighted by molar-refractivity contribution is 6.04. The number of likely N-dealkylation sites (tertiary alicyclic amines) is 1. The zero-order chi connectivity index (χ0) is 20.6. The van der Waals surface area contributed by atoms with Crippen molar-refractivity contribution < 1.29 is 19.4 Å². The third-order valence-electron chi connectivity index (χ3n) is 5.50. The number of fused-ring (bicyclic) bond motifs is 1. The summed E-state index contributed by atoms with van der Waals surface area (Å²) in [5, 5.41) is 10.3. The quantitative estimate of drug-likeness (QED) is 0.851. The molecule has 0 bridgehead atoms. The van der Waals surface area contributed by atoms with E-state index in [4.69, 9.17) is 4.74 Å². The molecule has 152 valence electrons. The summed E-state index contributed by atoms with van der Waals surface area (Å²) in [4.78, 5) is 30.3. The zero-order valence-electron chi connectivity index (χ0n) is 17.2. The molecule has 1 unspecified atom stereocenters. The molecule has 7 heteroatoms. The number of carboxylic acids is 1. The van der Waals surface area contributed by atoms with Crippen LogP contribution in [0.3, 0.4) is 0 Å². The molecule has 1 saturated heterocycles. The fourth-order valence-electron chi connectivity index (χ4n) is 4.13. The summed E-state index contributed by atoms with van der Waals surface area (Å²) in [5.41, 5.74) is 1.25. The van der Waals surface area contributed by atoms with Crippen molar-refractivity contribution in [1.29, 1.82) is 0 Å². The van der Waals surface area contributed by atoms with Crippen LogP contribution in [-0.4, -0.2) is 50.3 Å². The molecule has 1 N–H and O–H groups in total. The van der Waals surface area contributed by atoms with Gasteiger partial charge < -0.3 is 19.3 Å². The Balaban J connectivity index is 1.80. The first-order chi connectivity index (χ1) is 13.1. The summed E-state index contributed by atoms with van der Waals surface area (Å²) in [5.74, 6) is -0.599. The highest BCUT2D eigenvalue weighted by Gasteiger charge is 2.32. The maximum absolute atomic E-state index is 12.3. The number of carbonyl (C=O) groups is 2. The summed E-state index contributed by atoms with van der Waals surface area (Å²) < 4.78 is 7.52. The van der Waals surface area contributed by atoms with Gasteiger partial charge in [0, 0.05) is 36.4 Å². The minimum atomic E-state index is -0.929. The lowest BCUT2D eigenvalue weighted by Gasteiger charge is -2.36. The van der Waals surface area contributed by atoms with E-state index in [-0.39, 0.29) is 12.1 Å². The van der Waals surface area contributed by atoms with Gasteiger partial charge in [-0.2, -0.15) is 0 Å². The van der Waals surface area contributed by atoms with E-state index < -0.39 is 11.6 Å². The molecule has 1 fully saturated rings. The molecule has 7 nitrogen and oxygen atoms in total. The third kappa shape index (κ3) is 3.84. The maximum atomic E-state index is 12.3. The first-order valence-electron chi connectivity index (χ1n) is 9.77. The molecule has 0 saturated carbocycles. The molecule has 28 heavy (non-hydrogen) atoms.